The van der Waals surface area contributed by atoms with Gasteiger partial charge in [0.1, 0.15) is 0 Å². The predicted molar refractivity (Wildman–Crippen MR) is 57.4 cm³/mol. The monoisotopic (exact) mass is 198 g/mol. The van der Waals surface area contributed by atoms with Gasteiger partial charge in [-0.1, -0.05) is 0 Å². The van der Waals surface area contributed by atoms with E-state index < -0.39 is 0 Å². The molecule has 0 aromatic heterocycles. The van der Waals surface area contributed by atoms with E-state index in [9.17, 15) is 0 Å². The van der Waals surface area contributed by atoms with Gasteiger partial charge in [0.15, 0.2) is 0 Å². The van der Waals surface area contributed by atoms with Crippen molar-refractivity contribution in [2.75, 3.05) is 7.11 Å². The average molecular weight is 198 g/mol. The summed E-state index contributed by atoms with van der Waals surface area (Å²) in [7, 11) is 1.83. The van der Waals surface area contributed by atoms with Gasteiger partial charge in [-0.2, -0.15) is 0 Å². The Labute approximate surface area is 86.6 Å². The number of methoxy groups -OCH3 is 1. The fraction of sp³-hybridized carbons (Fsp3) is 1.00. The molecule has 2 aliphatic rings. The number of nitrogens with one attached hydrogen (secondary N) is 2. The Balaban J connectivity index is 1.95. The highest BCUT2D eigenvalue weighted by Gasteiger charge is 2.36. The maximum atomic E-state index is 5.43. The highest BCUT2D eigenvalue weighted by molar-refractivity contribution is 4.98. The minimum Gasteiger partial charge on any atom is -0.381 e. The van der Waals surface area contributed by atoms with E-state index in [1.807, 2.05) is 7.11 Å². The number of hydrogen-bond donors (Lipinski definition) is 2. The molecule has 2 fully saturated rings. The van der Waals surface area contributed by atoms with Crippen LogP contribution in [0.5, 0.6) is 0 Å². The first-order chi connectivity index (χ1) is 6.70. The Morgan fingerprint density at radius 1 is 1.00 bits per heavy atom. The smallest absolute Gasteiger partial charge is 0.0587 e. The highest BCUT2D eigenvalue weighted by Crippen LogP contribution is 2.24. The zero-order valence-corrected chi connectivity index (χ0v) is 9.42. The van der Waals surface area contributed by atoms with E-state index in [1.165, 1.54) is 12.8 Å². The Hall–Kier alpha value is -0.120. The zero-order chi connectivity index (χ0) is 10.1. The lowest BCUT2D eigenvalue weighted by atomic mass is 9.84. The lowest BCUT2D eigenvalue weighted by Crippen LogP contribution is -2.66. The number of rotatable bonds is 1. The predicted octanol–water partition coefficient (Wildman–Crippen LogP) is 0.892. The summed E-state index contributed by atoms with van der Waals surface area (Å²) < 4.78 is 5.43. The van der Waals surface area contributed by atoms with Crippen molar-refractivity contribution < 1.29 is 4.74 Å². The molecule has 1 aliphatic heterocycles. The van der Waals surface area contributed by atoms with Crippen LogP contribution in [0.25, 0.3) is 0 Å². The largest absolute Gasteiger partial charge is 0.381 e. The number of piperazine rings is 1. The average Bonchev–Trinajstić information content (AvgIpc) is 2.19. The first kappa shape index (κ1) is 10.4. The number of hydrogen-bond acceptors (Lipinski definition) is 3. The van der Waals surface area contributed by atoms with Crippen molar-refractivity contribution in [3.8, 4) is 0 Å². The van der Waals surface area contributed by atoms with Crippen molar-refractivity contribution in [1.82, 2.24) is 10.6 Å². The normalized spacial score (nSPS) is 48.6. The van der Waals surface area contributed by atoms with Crippen LogP contribution in [0.1, 0.15) is 33.1 Å². The standard InChI is InChI=1S/C11H22N2O/c1-7-8(2)13-11-6-9(14-3)4-5-10(11)12-7/h7-13H,4-6H2,1-3H3/t7-,8-,9-,10+,11-/m1/s1. The van der Waals surface area contributed by atoms with E-state index in [-0.39, 0.29) is 0 Å². The molecule has 1 saturated carbocycles. The van der Waals surface area contributed by atoms with E-state index in [2.05, 4.69) is 24.5 Å². The molecule has 3 heteroatoms. The van der Waals surface area contributed by atoms with Gasteiger partial charge in [-0.3, -0.25) is 0 Å². The van der Waals surface area contributed by atoms with Crippen LogP contribution in [0.15, 0.2) is 0 Å². The van der Waals surface area contributed by atoms with Gasteiger partial charge in [-0.25, -0.2) is 0 Å². The topological polar surface area (TPSA) is 33.3 Å². The van der Waals surface area contributed by atoms with Gasteiger partial charge < -0.3 is 15.4 Å². The molecular formula is C11H22N2O. The van der Waals surface area contributed by atoms with Crippen LogP contribution in [0.2, 0.25) is 0 Å². The third-order valence-corrected chi connectivity index (χ3v) is 3.84. The second-order valence-electron chi connectivity index (χ2n) is 4.79. The molecular weight excluding hydrogens is 176 g/mol. The highest BCUT2D eigenvalue weighted by atomic mass is 16.5. The molecule has 5 atom stereocenters. The fourth-order valence-corrected chi connectivity index (χ4v) is 2.69. The maximum Gasteiger partial charge on any atom is 0.0587 e. The first-order valence-corrected chi connectivity index (χ1v) is 5.75. The van der Waals surface area contributed by atoms with Crippen LogP contribution in [0, 0.1) is 0 Å². The lowest BCUT2D eigenvalue weighted by molar-refractivity contribution is 0.0335. The minimum atomic E-state index is 0.464. The summed E-state index contributed by atoms with van der Waals surface area (Å²) in [5, 5.41) is 7.38. The molecule has 2 rings (SSSR count). The third kappa shape index (κ3) is 1.95. The van der Waals surface area contributed by atoms with Crippen molar-refractivity contribution in [2.24, 2.45) is 0 Å². The maximum absolute atomic E-state index is 5.43. The van der Waals surface area contributed by atoms with Gasteiger partial charge in [0, 0.05) is 31.3 Å². The van der Waals surface area contributed by atoms with Crippen molar-refractivity contribution in [2.45, 2.75) is 63.4 Å². The molecule has 2 N–H and O–H groups in total. The van der Waals surface area contributed by atoms with Gasteiger partial charge in [0.2, 0.25) is 0 Å². The molecule has 0 spiro atoms. The quantitative estimate of drug-likeness (QED) is 0.656. The molecule has 14 heavy (non-hydrogen) atoms. The Kier molecular flexibility index (Phi) is 3.10. The Morgan fingerprint density at radius 2 is 1.64 bits per heavy atom. The molecule has 0 bridgehead atoms. The summed E-state index contributed by atoms with van der Waals surface area (Å²) in [5.74, 6) is 0. The Morgan fingerprint density at radius 3 is 2.29 bits per heavy atom. The minimum absolute atomic E-state index is 0.464. The van der Waals surface area contributed by atoms with Crippen LogP contribution >= 0.6 is 0 Å². The molecule has 0 aromatic carbocycles. The van der Waals surface area contributed by atoms with Crippen molar-refractivity contribution in [1.29, 1.82) is 0 Å². The summed E-state index contributed by atoms with van der Waals surface area (Å²) in [6, 6.07) is 2.44. The van der Waals surface area contributed by atoms with Gasteiger partial charge in [-0.05, 0) is 33.1 Å². The second-order valence-corrected chi connectivity index (χ2v) is 4.79. The summed E-state index contributed by atoms with van der Waals surface area (Å²) >= 11 is 0. The molecule has 0 amide bonds. The fourth-order valence-electron chi connectivity index (χ4n) is 2.69. The van der Waals surface area contributed by atoms with Gasteiger partial charge >= 0.3 is 0 Å². The Bertz CT molecular complexity index is 194. The van der Waals surface area contributed by atoms with Crippen LogP contribution < -0.4 is 10.6 Å². The van der Waals surface area contributed by atoms with Gasteiger partial charge in [0.05, 0.1) is 6.10 Å². The van der Waals surface area contributed by atoms with Crippen molar-refractivity contribution >= 4 is 0 Å². The summed E-state index contributed by atoms with van der Waals surface area (Å²) in [4.78, 5) is 0. The molecule has 1 saturated heterocycles. The van der Waals surface area contributed by atoms with Crippen LogP contribution in [0.3, 0.4) is 0 Å². The van der Waals surface area contributed by atoms with Gasteiger partial charge in [-0.15, -0.1) is 0 Å². The van der Waals surface area contributed by atoms with E-state index >= 15 is 0 Å². The molecule has 1 heterocycles. The molecule has 0 unspecified atom stereocenters. The molecule has 0 aromatic rings. The van der Waals surface area contributed by atoms with E-state index in [1.54, 1.807) is 0 Å². The second kappa shape index (κ2) is 4.17. The molecule has 82 valence electrons. The van der Waals surface area contributed by atoms with Crippen LogP contribution in [0.4, 0.5) is 0 Å². The number of ether oxygens (including phenoxy) is 1. The molecule has 1 aliphatic carbocycles. The van der Waals surface area contributed by atoms with Gasteiger partial charge in [0.25, 0.3) is 0 Å². The van der Waals surface area contributed by atoms with E-state index in [0.717, 1.165) is 6.42 Å². The van der Waals surface area contributed by atoms with Crippen LogP contribution in [-0.4, -0.2) is 37.4 Å². The van der Waals surface area contributed by atoms with E-state index in [0.29, 0.717) is 30.3 Å². The molecule has 0 radical (unpaired) electrons. The van der Waals surface area contributed by atoms with Crippen molar-refractivity contribution in [3.05, 3.63) is 0 Å². The first-order valence-electron chi connectivity index (χ1n) is 5.75. The van der Waals surface area contributed by atoms with Crippen molar-refractivity contribution in [3.63, 3.8) is 0 Å². The van der Waals surface area contributed by atoms with E-state index in [4.69, 9.17) is 4.74 Å². The summed E-state index contributed by atoms with van der Waals surface area (Å²) in [6.07, 6.45) is 4.07. The lowest BCUT2D eigenvalue weighted by Gasteiger charge is -2.45. The molecule has 3 nitrogen and oxygen atoms in total. The summed E-state index contributed by atoms with van der Waals surface area (Å²) in [5.41, 5.74) is 0. The van der Waals surface area contributed by atoms with Crippen LogP contribution in [-0.2, 0) is 4.74 Å². The third-order valence-electron chi connectivity index (χ3n) is 3.84. The summed E-state index contributed by atoms with van der Waals surface area (Å²) in [6.45, 7) is 4.51. The number of fused-ring (bicyclic) bond motifs is 1. The zero-order valence-electron chi connectivity index (χ0n) is 9.42. The SMILES string of the molecule is CO[C@@H]1CC[C@@H]2N[C@H](C)[C@@H](C)N[C@@H]2C1.